The first-order valence-corrected chi connectivity index (χ1v) is 25.6. The predicted molar refractivity (Wildman–Crippen MR) is 282 cm³/mol. The molecule has 0 amide bonds. The summed E-state index contributed by atoms with van der Waals surface area (Å²) in [5.41, 5.74) is 9.35. The molecular weight excluding hydrogens is 876 g/mol. The van der Waals surface area contributed by atoms with Gasteiger partial charge in [0.15, 0.2) is 12.3 Å². The summed E-state index contributed by atoms with van der Waals surface area (Å²) in [6.45, 7) is 21.0. The van der Waals surface area contributed by atoms with Crippen LogP contribution in [0.25, 0.3) is 0 Å². The van der Waals surface area contributed by atoms with E-state index >= 15 is 0 Å². The molecule has 0 bridgehead atoms. The molecule has 69 heavy (non-hydrogen) atoms. The second-order valence-corrected chi connectivity index (χ2v) is 20.8. The fourth-order valence-corrected chi connectivity index (χ4v) is 11.8. The van der Waals surface area contributed by atoms with Crippen LogP contribution >= 0.6 is 8.53 Å². The van der Waals surface area contributed by atoms with Crippen molar-refractivity contribution in [2.75, 3.05) is 52.0 Å². The van der Waals surface area contributed by atoms with E-state index in [0.29, 0.717) is 26.2 Å². The third-order valence-corrected chi connectivity index (χ3v) is 15.6. The highest BCUT2D eigenvalue weighted by Crippen LogP contribution is 2.49. The van der Waals surface area contributed by atoms with Gasteiger partial charge in [-0.15, -0.1) is 0 Å². The molecule has 10 heteroatoms. The first-order chi connectivity index (χ1) is 33.3. The van der Waals surface area contributed by atoms with E-state index in [4.69, 9.17) is 23.3 Å². The van der Waals surface area contributed by atoms with Crippen LogP contribution in [0.4, 0.5) is 11.4 Å². The molecule has 9 nitrogen and oxygen atoms in total. The number of allylic oxidation sites excluding steroid dienone is 4. The van der Waals surface area contributed by atoms with Crippen molar-refractivity contribution >= 4 is 25.6 Å². The lowest BCUT2D eigenvalue weighted by Gasteiger charge is -2.36. The van der Waals surface area contributed by atoms with Crippen molar-refractivity contribution in [2.45, 2.75) is 103 Å². The molecule has 2 aliphatic heterocycles. The summed E-state index contributed by atoms with van der Waals surface area (Å²) in [6.07, 6.45) is 8.85. The molecular formula is C59H72N4O5P+. The van der Waals surface area contributed by atoms with E-state index in [9.17, 15) is 5.26 Å². The first kappa shape index (κ1) is 51.3. The number of ether oxygens (including phenoxy) is 3. The number of para-hydroxylation sites is 2. The van der Waals surface area contributed by atoms with Crippen LogP contribution in [0.2, 0.25) is 0 Å². The van der Waals surface area contributed by atoms with Crippen LogP contribution in [0.5, 0.6) is 11.5 Å². The van der Waals surface area contributed by atoms with Crippen LogP contribution in [0, 0.1) is 11.3 Å². The summed E-state index contributed by atoms with van der Waals surface area (Å²) in [4.78, 5) is 2.50. The molecule has 0 saturated heterocycles. The Morgan fingerprint density at radius 1 is 0.681 bits per heavy atom. The normalized spacial score (nSPS) is 16.2. The fraction of sp³-hybridized carbons (Fsp3) is 0.390. The van der Waals surface area contributed by atoms with Crippen LogP contribution in [0.1, 0.15) is 102 Å². The molecule has 5 aromatic rings. The van der Waals surface area contributed by atoms with Crippen LogP contribution in [0.3, 0.4) is 0 Å². The highest BCUT2D eigenvalue weighted by atomic mass is 31.2. The van der Waals surface area contributed by atoms with Crippen molar-refractivity contribution in [1.29, 1.82) is 5.26 Å². The summed E-state index contributed by atoms with van der Waals surface area (Å²) in [6, 6.07) is 47.3. The number of rotatable bonds is 23. The second kappa shape index (κ2) is 22.9. The number of benzene rings is 5. The lowest BCUT2D eigenvalue weighted by molar-refractivity contribution is -0.438. The third-order valence-electron chi connectivity index (χ3n) is 13.5. The van der Waals surface area contributed by atoms with Gasteiger partial charge >= 0.3 is 0 Å². The molecule has 0 aliphatic carbocycles. The number of nitriles is 1. The smallest absolute Gasteiger partial charge is 0.259 e. The van der Waals surface area contributed by atoms with E-state index in [0.717, 1.165) is 54.1 Å². The van der Waals surface area contributed by atoms with E-state index in [1.807, 2.05) is 30.3 Å². The quantitative estimate of drug-likeness (QED) is 0.0277. The highest BCUT2D eigenvalue weighted by molar-refractivity contribution is 7.44. The molecule has 0 N–H and O–H groups in total. The molecule has 1 unspecified atom stereocenters. The van der Waals surface area contributed by atoms with E-state index in [1.165, 1.54) is 33.9 Å². The molecule has 1 atom stereocenters. The van der Waals surface area contributed by atoms with Crippen molar-refractivity contribution < 1.29 is 27.8 Å². The van der Waals surface area contributed by atoms with Crippen LogP contribution in [0.15, 0.2) is 151 Å². The zero-order valence-corrected chi connectivity index (χ0v) is 43.3. The van der Waals surface area contributed by atoms with E-state index in [2.05, 4.69) is 191 Å². The van der Waals surface area contributed by atoms with Crippen molar-refractivity contribution in [3.63, 3.8) is 0 Å². The van der Waals surface area contributed by atoms with Crippen LogP contribution in [-0.4, -0.2) is 74.2 Å². The lowest BCUT2D eigenvalue weighted by Crippen LogP contribution is -2.34. The predicted octanol–water partition coefficient (Wildman–Crippen LogP) is 13.4. The van der Waals surface area contributed by atoms with Crippen molar-refractivity contribution in [2.24, 2.45) is 0 Å². The van der Waals surface area contributed by atoms with Gasteiger partial charge in [-0.3, -0.25) is 0 Å². The minimum atomic E-state index is -1.30. The largest absolute Gasteiger partial charge is 0.497 e. The number of fused-ring (bicyclic) bond motifs is 2. The minimum Gasteiger partial charge on any atom is -0.497 e. The van der Waals surface area contributed by atoms with Crippen molar-refractivity contribution in [3.05, 3.63) is 179 Å². The van der Waals surface area contributed by atoms with Crippen molar-refractivity contribution in [1.82, 2.24) is 4.67 Å². The van der Waals surface area contributed by atoms with E-state index in [1.54, 1.807) is 14.2 Å². The Kier molecular flexibility index (Phi) is 17.0. The second-order valence-electron chi connectivity index (χ2n) is 19.3. The van der Waals surface area contributed by atoms with E-state index in [-0.39, 0.29) is 22.9 Å². The molecule has 2 heterocycles. The van der Waals surface area contributed by atoms with Crippen LogP contribution in [-0.2, 0) is 30.2 Å². The molecule has 2 aliphatic rings. The molecule has 0 aromatic heterocycles. The Balaban J connectivity index is 1.16. The zero-order chi connectivity index (χ0) is 49.2. The summed E-state index contributed by atoms with van der Waals surface area (Å²) < 4.78 is 36.0. The van der Waals surface area contributed by atoms with Gasteiger partial charge < -0.3 is 28.2 Å². The number of nitrogens with zero attached hydrogens (tertiary/aromatic N) is 4. The average molecular weight is 948 g/mol. The highest BCUT2D eigenvalue weighted by Gasteiger charge is 2.45. The summed E-state index contributed by atoms with van der Waals surface area (Å²) in [7, 11) is 2.08. The minimum absolute atomic E-state index is 0.213. The molecule has 0 saturated carbocycles. The lowest BCUT2D eigenvalue weighted by atomic mass is 9.80. The Hall–Kier alpha value is -5.59. The molecule has 0 spiro atoms. The van der Waals surface area contributed by atoms with E-state index < -0.39 is 14.1 Å². The van der Waals surface area contributed by atoms with Gasteiger partial charge in [-0.05, 0) is 107 Å². The topological polar surface area (TPSA) is 79.4 Å². The van der Waals surface area contributed by atoms with Gasteiger partial charge in [0, 0.05) is 59.6 Å². The van der Waals surface area contributed by atoms with Gasteiger partial charge in [-0.2, -0.15) is 9.84 Å². The summed E-state index contributed by atoms with van der Waals surface area (Å²) in [5, 5.41) is 9.21. The number of hydrogen-bond acceptors (Lipinski definition) is 8. The van der Waals surface area contributed by atoms with Gasteiger partial charge in [0.25, 0.3) is 8.53 Å². The average Bonchev–Trinajstić information content (AvgIpc) is 3.70. The fourth-order valence-electron chi connectivity index (χ4n) is 10.2. The Morgan fingerprint density at radius 3 is 1.86 bits per heavy atom. The van der Waals surface area contributed by atoms with Gasteiger partial charge in [-0.25, -0.2) is 4.67 Å². The maximum atomic E-state index is 9.21. The Morgan fingerprint density at radius 2 is 1.25 bits per heavy atom. The number of methoxy groups -OCH3 is 2. The molecule has 0 radical (unpaired) electrons. The summed E-state index contributed by atoms with van der Waals surface area (Å²) in [5.74, 6) is 1.59. The molecule has 7 rings (SSSR count). The maximum Gasteiger partial charge on any atom is 0.259 e. The first-order valence-electron chi connectivity index (χ1n) is 24.5. The third kappa shape index (κ3) is 10.9. The Labute approximate surface area is 413 Å². The number of anilines is 1. The molecule has 5 aromatic carbocycles. The SMILES string of the molecule is COc1ccc(C(OCCCN2/C(=C\C=C\C3=[N+](CCCOP(OCCC#N)N(C(C)C)C(C)C)c4ccccc4C3(C)C)C(C)(C)c3ccccc32)(c2ccccc2)c2ccc(OC)cc2)cc1. The van der Waals surface area contributed by atoms with Gasteiger partial charge in [0.1, 0.15) is 17.1 Å². The van der Waals surface area contributed by atoms with Crippen LogP contribution < -0.4 is 14.4 Å². The van der Waals surface area contributed by atoms with Gasteiger partial charge in [0.2, 0.25) is 5.69 Å². The van der Waals surface area contributed by atoms with Gasteiger partial charge in [0.05, 0.1) is 51.9 Å². The van der Waals surface area contributed by atoms with Gasteiger partial charge in [-0.1, -0.05) is 111 Å². The Bertz CT molecular complexity index is 2560. The monoisotopic (exact) mass is 948 g/mol. The molecule has 362 valence electrons. The maximum absolute atomic E-state index is 9.21. The summed E-state index contributed by atoms with van der Waals surface area (Å²) >= 11 is 0. The number of hydrogen-bond donors (Lipinski definition) is 0. The van der Waals surface area contributed by atoms with Crippen molar-refractivity contribution in [3.8, 4) is 17.6 Å². The zero-order valence-electron chi connectivity index (χ0n) is 42.4. The standard InChI is InChI=1S/C59H72N4O5P/c1-44(2)63(45(3)4)69(67-42-19-38-60)68-43-21-40-62-54-27-17-15-25-52(54)58(7,8)56(62)29-18-28-55-57(5,6)51-24-14-16-26-53(51)61(55)39-20-41-66-59(46-22-12-11-13-23-46,47-30-34-49(64-9)35-31-47)48-32-36-50(65-10)37-33-48/h11-18,22-37,44-45H,19-21,39-43H2,1-10H3/q+1. The molecule has 0 fully saturated rings.